The van der Waals surface area contributed by atoms with Crippen molar-refractivity contribution in [1.29, 1.82) is 0 Å². The molecule has 0 spiro atoms. The summed E-state index contributed by atoms with van der Waals surface area (Å²) in [6, 6.07) is 0. The predicted molar refractivity (Wildman–Crippen MR) is 161 cm³/mol. The van der Waals surface area contributed by atoms with Crippen LogP contribution >= 0.6 is 0 Å². The third-order valence-corrected chi connectivity index (χ3v) is 17.4. The molecule has 1 unspecified atom stereocenters. The SMILES string of the molecule is C[C@H](/C=C/[C@H](C)C(C)(C)O)[C@H]1CC[C@H]2[C@@H]3CC=C4CC(O[Si](C)(C)C(C)(C)C)CC[C@]4(C)[C@H]3CC[C@]12C. The molecule has 3 saturated carbocycles. The molecule has 0 aliphatic heterocycles. The van der Waals surface area contributed by atoms with Crippen LogP contribution in [0.2, 0.25) is 18.1 Å². The van der Waals surface area contributed by atoms with Gasteiger partial charge in [0.05, 0.1) is 5.60 Å². The van der Waals surface area contributed by atoms with Crippen molar-refractivity contribution in [3.8, 4) is 0 Å². The second-order valence-corrected chi connectivity index (χ2v) is 21.2. The topological polar surface area (TPSA) is 29.5 Å². The summed E-state index contributed by atoms with van der Waals surface area (Å²) in [5.74, 6) is 4.14. The quantitative estimate of drug-likeness (QED) is 0.275. The van der Waals surface area contributed by atoms with Gasteiger partial charge in [0.2, 0.25) is 0 Å². The van der Waals surface area contributed by atoms with E-state index in [4.69, 9.17) is 4.43 Å². The van der Waals surface area contributed by atoms with Crippen LogP contribution in [0.15, 0.2) is 23.8 Å². The standard InChI is InChI=1S/C34H60O2Si/c1-23(12-13-24(2)32(6,7)35)28-16-17-29-27-15-14-25-22-26(36-37(10,11)31(3,4)5)18-20-33(25,8)30(27)19-21-34(28,29)9/h12-14,23-24,26-30,35H,15-22H2,1-11H3/b13-12+/t23-,24+,26?,27+,28-,29+,30+,33+,34-/m1/s1. The molecule has 9 atom stereocenters. The Kier molecular flexibility index (Phi) is 7.93. The Hall–Kier alpha value is -0.383. The van der Waals surface area contributed by atoms with Crippen molar-refractivity contribution in [2.45, 2.75) is 144 Å². The highest BCUT2D eigenvalue weighted by Crippen LogP contribution is 2.67. The van der Waals surface area contributed by atoms with Gasteiger partial charge in [-0.15, -0.1) is 0 Å². The van der Waals surface area contributed by atoms with Crippen LogP contribution in [-0.2, 0) is 4.43 Å². The maximum Gasteiger partial charge on any atom is 0.192 e. The third kappa shape index (κ3) is 5.36. The molecular formula is C34H60O2Si. The Labute approximate surface area is 231 Å². The van der Waals surface area contributed by atoms with Crippen LogP contribution in [0.3, 0.4) is 0 Å². The molecule has 0 saturated heterocycles. The van der Waals surface area contributed by atoms with Crippen molar-refractivity contribution in [3.63, 3.8) is 0 Å². The summed E-state index contributed by atoms with van der Waals surface area (Å²) in [7, 11) is -1.73. The van der Waals surface area contributed by atoms with Gasteiger partial charge in [-0.2, -0.15) is 0 Å². The summed E-state index contributed by atoms with van der Waals surface area (Å²) in [6.07, 6.45) is 18.5. The van der Waals surface area contributed by atoms with E-state index in [-0.39, 0.29) is 11.0 Å². The molecule has 0 bridgehead atoms. The number of aliphatic hydroxyl groups is 1. The number of fused-ring (bicyclic) bond motifs is 5. The summed E-state index contributed by atoms with van der Waals surface area (Å²) in [6.45, 7) is 25.7. The maximum absolute atomic E-state index is 10.4. The highest BCUT2D eigenvalue weighted by atomic mass is 28.4. The monoisotopic (exact) mass is 528 g/mol. The van der Waals surface area contributed by atoms with Gasteiger partial charge in [-0.05, 0) is 124 Å². The summed E-state index contributed by atoms with van der Waals surface area (Å²) in [4.78, 5) is 0. The van der Waals surface area contributed by atoms with Crippen LogP contribution in [-0.4, -0.2) is 25.1 Å². The van der Waals surface area contributed by atoms with E-state index < -0.39 is 13.9 Å². The van der Waals surface area contributed by atoms with Gasteiger partial charge < -0.3 is 9.53 Å². The van der Waals surface area contributed by atoms with Gasteiger partial charge in [-0.1, -0.05) is 72.3 Å². The fourth-order valence-electron chi connectivity index (χ4n) is 8.94. The van der Waals surface area contributed by atoms with Crippen molar-refractivity contribution < 1.29 is 9.53 Å². The third-order valence-electron chi connectivity index (χ3n) is 12.9. The van der Waals surface area contributed by atoms with Crippen LogP contribution in [0.5, 0.6) is 0 Å². The first-order valence-corrected chi connectivity index (χ1v) is 18.6. The average Bonchev–Trinajstić information content (AvgIpc) is 3.13. The molecule has 4 aliphatic carbocycles. The van der Waals surface area contributed by atoms with Crippen LogP contribution in [0.25, 0.3) is 0 Å². The van der Waals surface area contributed by atoms with E-state index in [2.05, 4.69) is 79.8 Å². The van der Waals surface area contributed by atoms with Gasteiger partial charge in [0.25, 0.3) is 0 Å². The molecule has 212 valence electrons. The highest BCUT2D eigenvalue weighted by molar-refractivity contribution is 6.74. The maximum atomic E-state index is 10.4. The summed E-state index contributed by atoms with van der Waals surface area (Å²) < 4.78 is 6.94. The van der Waals surface area contributed by atoms with E-state index in [1.165, 1.54) is 51.4 Å². The van der Waals surface area contributed by atoms with E-state index in [9.17, 15) is 5.11 Å². The lowest BCUT2D eigenvalue weighted by atomic mass is 9.47. The lowest BCUT2D eigenvalue weighted by Crippen LogP contribution is -2.52. The zero-order valence-electron chi connectivity index (χ0n) is 26.3. The van der Waals surface area contributed by atoms with Crippen LogP contribution in [0.4, 0.5) is 0 Å². The number of hydrogen-bond acceptors (Lipinski definition) is 2. The Balaban J connectivity index is 1.48. The van der Waals surface area contributed by atoms with Crippen molar-refractivity contribution >= 4 is 8.32 Å². The predicted octanol–water partition coefficient (Wildman–Crippen LogP) is 9.56. The first-order valence-electron chi connectivity index (χ1n) is 15.7. The van der Waals surface area contributed by atoms with Gasteiger partial charge in [-0.25, -0.2) is 0 Å². The van der Waals surface area contributed by atoms with Crippen molar-refractivity contribution in [1.82, 2.24) is 0 Å². The second-order valence-electron chi connectivity index (χ2n) is 16.4. The second kappa shape index (κ2) is 9.91. The van der Waals surface area contributed by atoms with E-state index in [0.717, 1.165) is 23.7 Å². The van der Waals surface area contributed by atoms with Crippen molar-refractivity contribution in [3.05, 3.63) is 23.8 Å². The molecule has 3 heteroatoms. The molecule has 4 rings (SSSR count). The number of rotatable bonds is 6. The largest absolute Gasteiger partial charge is 0.414 e. The lowest BCUT2D eigenvalue weighted by Gasteiger charge is -2.59. The molecule has 0 aromatic carbocycles. The molecule has 0 radical (unpaired) electrons. The Morgan fingerprint density at radius 2 is 1.65 bits per heavy atom. The fraction of sp³-hybridized carbons (Fsp3) is 0.882. The Bertz CT molecular complexity index is 888. The smallest absolute Gasteiger partial charge is 0.192 e. The van der Waals surface area contributed by atoms with Gasteiger partial charge >= 0.3 is 0 Å². The zero-order valence-corrected chi connectivity index (χ0v) is 27.3. The van der Waals surface area contributed by atoms with Crippen molar-refractivity contribution in [2.24, 2.45) is 46.3 Å². The molecule has 3 fully saturated rings. The zero-order chi connectivity index (χ0) is 27.6. The van der Waals surface area contributed by atoms with Crippen molar-refractivity contribution in [2.75, 3.05) is 0 Å². The van der Waals surface area contributed by atoms with E-state index in [1.54, 1.807) is 5.57 Å². The van der Waals surface area contributed by atoms with Crippen LogP contribution in [0.1, 0.15) is 114 Å². The summed E-state index contributed by atoms with van der Waals surface area (Å²) in [5.41, 5.74) is 1.96. The van der Waals surface area contributed by atoms with Gasteiger partial charge in [0.15, 0.2) is 8.32 Å². The van der Waals surface area contributed by atoms with Gasteiger partial charge in [0.1, 0.15) is 0 Å². The lowest BCUT2D eigenvalue weighted by molar-refractivity contribution is -0.0532. The normalized spacial score (nSPS) is 40.5. The molecule has 4 aliphatic rings. The first kappa shape index (κ1) is 29.6. The van der Waals surface area contributed by atoms with E-state index in [1.807, 2.05) is 13.8 Å². The minimum Gasteiger partial charge on any atom is -0.414 e. The molecule has 0 aromatic heterocycles. The summed E-state index contributed by atoms with van der Waals surface area (Å²) in [5, 5.41) is 10.7. The van der Waals surface area contributed by atoms with Gasteiger partial charge in [-0.3, -0.25) is 0 Å². The Morgan fingerprint density at radius 3 is 2.27 bits per heavy atom. The average molecular weight is 529 g/mol. The molecule has 37 heavy (non-hydrogen) atoms. The molecule has 1 N–H and O–H groups in total. The first-order chi connectivity index (χ1) is 16.9. The minimum atomic E-state index is -1.73. The molecule has 0 heterocycles. The highest BCUT2D eigenvalue weighted by Gasteiger charge is 2.59. The number of hydrogen-bond donors (Lipinski definition) is 1. The van der Waals surface area contributed by atoms with Gasteiger partial charge in [0, 0.05) is 12.0 Å². The Morgan fingerprint density at radius 1 is 0.973 bits per heavy atom. The molecule has 0 amide bonds. The molecule has 2 nitrogen and oxygen atoms in total. The molecular weight excluding hydrogens is 468 g/mol. The van der Waals surface area contributed by atoms with E-state index >= 15 is 0 Å². The summed E-state index contributed by atoms with van der Waals surface area (Å²) >= 11 is 0. The number of allylic oxidation sites excluding steroid dienone is 2. The van der Waals surface area contributed by atoms with Crippen LogP contribution < -0.4 is 0 Å². The molecule has 0 aromatic rings. The van der Waals surface area contributed by atoms with E-state index in [0.29, 0.717) is 22.9 Å². The van der Waals surface area contributed by atoms with Crippen LogP contribution in [0, 0.1) is 46.3 Å². The fourth-order valence-corrected chi connectivity index (χ4v) is 10.3. The minimum absolute atomic E-state index is 0.188.